The van der Waals surface area contributed by atoms with Crippen molar-refractivity contribution in [3.63, 3.8) is 0 Å². The predicted octanol–water partition coefficient (Wildman–Crippen LogP) is 6.39. The zero-order valence-electron chi connectivity index (χ0n) is 20.4. The number of rotatable bonds is 15. The van der Waals surface area contributed by atoms with Crippen LogP contribution in [0.15, 0.2) is 48.5 Å². The largest absolute Gasteiger partial charge is 0.493 e. The molecular formula is C27H38ClNO4. The van der Waals surface area contributed by atoms with Crippen LogP contribution in [0.5, 0.6) is 11.5 Å². The van der Waals surface area contributed by atoms with Crippen LogP contribution in [0.2, 0.25) is 0 Å². The molecule has 0 aliphatic carbocycles. The van der Waals surface area contributed by atoms with Crippen LogP contribution in [0, 0.1) is 0 Å². The summed E-state index contributed by atoms with van der Waals surface area (Å²) in [5, 5.41) is 0. The van der Waals surface area contributed by atoms with Gasteiger partial charge in [0.25, 0.3) is 0 Å². The van der Waals surface area contributed by atoms with E-state index in [1.165, 1.54) is 5.56 Å². The van der Waals surface area contributed by atoms with Gasteiger partial charge in [-0.15, -0.1) is 11.6 Å². The summed E-state index contributed by atoms with van der Waals surface area (Å²) in [5.41, 5.74) is 2.32. The first kappa shape index (κ1) is 27.0. The fourth-order valence-corrected chi connectivity index (χ4v) is 4.33. The van der Waals surface area contributed by atoms with Crippen LogP contribution in [0.4, 0.5) is 0 Å². The summed E-state index contributed by atoms with van der Waals surface area (Å²) in [6.07, 6.45) is 4.31. The highest BCUT2D eigenvalue weighted by molar-refractivity contribution is 6.17. The highest BCUT2D eigenvalue weighted by Gasteiger charge is 2.27. The van der Waals surface area contributed by atoms with Gasteiger partial charge in [-0.3, -0.25) is 9.69 Å². The first-order chi connectivity index (χ1) is 16.0. The van der Waals surface area contributed by atoms with E-state index < -0.39 is 0 Å². The summed E-state index contributed by atoms with van der Waals surface area (Å²) >= 11 is 5.89. The summed E-state index contributed by atoms with van der Waals surface area (Å²) in [6, 6.07) is 16.6. The smallest absolute Gasteiger partial charge is 0.307 e. The second-order valence-electron chi connectivity index (χ2n) is 8.15. The van der Waals surface area contributed by atoms with Gasteiger partial charge in [0.15, 0.2) is 11.5 Å². The molecule has 0 saturated carbocycles. The highest BCUT2D eigenvalue weighted by Crippen LogP contribution is 2.32. The molecule has 0 bridgehead atoms. The second-order valence-corrected chi connectivity index (χ2v) is 8.53. The number of ether oxygens (including phenoxy) is 3. The number of alkyl halides is 1. The van der Waals surface area contributed by atoms with Crippen LogP contribution in [0.25, 0.3) is 0 Å². The van der Waals surface area contributed by atoms with Crippen LogP contribution in [0.1, 0.15) is 63.1 Å². The molecule has 2 aromatic carbocycles. The van der Waals surface area contributed by atoms with E-state index in [2.05, 4.69) is 42.2 Å². The fraction of sp³-hybridized carbons (Fsp3) is 0.519. The number of unbranched alkanes of at least 4 members (excludes halogenated alkanes) is 2. The Labute approximate surface area is 204 Å². The summed E-state index contributed by atoms with van der Waals surface area (Å²) < 4.78 is 16.3. The maximum absolute atomic E-state index is 12.5. The Morgan fingerprint density at radius 2 is 1.73 bits per heavy atom. The van der Waals surface area contributed by atoms with Crippen LogP contribution in [0.3, 0.4) is 0 Å². The van der Waals surface area contributed by atoms with Crippen molar-refractivity contribution in [3.05, 3.63) is 59.7 Å². The Morgan fingerprint density at radius 3 is 2.36 bits per heavy atom. The highest BCUT2D eigenvalue weighted by atomic mass is 35.5. The van der Waals surface area contributed by atoms with E-state index in [1.54, 1.807) is 14.2 Å². The zero-order valence-corrected chi connectivity index (χ0v) is 21.1. The maximum Gasteiger partial charge on any atom is 0.307 e. The van der Waals surface area contributed by atoms with Crippen molar-refractivity contribution in [3.8, 4) is 11.5 Å². The molecule has 0 N–H and O–H groups in total. The third-order valence-electron chi connectivity index (χ3n) is 5.94. The first-order valence-electron chi connectivity index (χ1n) is 11.8. The predicted molar refractivity (Wildman–Crippen MR) is 134 cm³/mol. The van der Waals surface area contributed by atoms with Gasteiger partial charge in [0.2, 0.25) is 0 Å². The quantitative estimate of drug-likeness (QED) is 0.170. The molecule has 2 atom stereocenters. The Bertz CT molecular complexity index is 830. The monoisotopic (exact) mass is 475 g/mol. The van der Waals surface area contributed by atoms with E-state index >= 15 is 0 Å². The SMILES string of the molecule is CCOC(=O)C[C@H](CCCCCCl)N(Cc1ccc(OC)c(OC)c1)[C@@H](C)c1ccccc1. The molecule has 5 nitrogen and oxygen atoms in total. The van der Waals surface area contributed by atoms with Gasteiger partial charge in [-0.25, -0.2) is 0 Å². The topological polar surface area (TPSA) is 48.0 Å². The molecule has 6 heteroatoms. The Hall–Kier alpha value is -2.24. The van der Waals surface area contributed by atoms with Crippen molar-refractivity contribution in [2.75, 3.05) is 26.7 Å². The molecule has 0 aromatic heterocycles. The van der Waals surface area contributed by atoms with Gasteiger partial charge < -0.3 is 14.2 Å². The number of carbonyl (C=O) groups excluding carboxylic acids is 1. The average molecular weight is 476 g/mol. The summed E-state index contributed by atoms with van der Waals surface area (Å²) in [5.74, 6) is 1.91. The maximum atomic E-state index is 12.5. The summed E-state index contributed by atoms with van der Waals surface area (Å²) in [6.45, 7) is 5.12. The van der Waals surface area contributed by atoms with Crippen molar-refractivity contribution in [1.29, 1.82) is 0 Å². The van der Waals surface area contributed by atoms with Crippen molar-refractivity contribution in [2.45, 2.75) is 64.6 Å². The van der Waals surface area contributed by atoms with Gasteiger partial charge in [0, 0.05) is 24.5 Å². The van der Waals surface area contributed by atoms with Crippen LogP contribution in [-0.4, -0.2) is 43.6 Å². The van der Waals surface area contributed by atoms with E-state index in [4.69, 9.17) is 25.8 Å². The third kappa shape index (κ3) is 8.56. The number of benzene rings is 2. The lowest BCUT2D eigenvalue weighted by molar-refractivity contribution is -0.145. The molecule has 0 saturated heterocycles. The average Bonchev–Trinajstić information content (AvgIpc) is 2.84. The molecule has 0 fully saturated rings. The molecule has 33 heavy (non-hydrogen) atoms. The lowest BCUT2D eigenvalue weighted by atomic mass is 9.98. The molecule has 0 aliphatic heterocycles. The van der Waals surface area contributed by atoms with Crippen molar-refractivity contribution in [2.24, 2.45) is 0 Å². The van der Waals surface area contributed by atoms with Gasteiger partial charge in [-0.1, -0.05) is 49.2 Å². The van der Waals surface area contributed by atoms with E-state index in [9.17, 15) is 4.79 Å². The van der Waals surface area contributed by atoms with Crippen LogP contribution >= 0.6 is 11.6 Å². The number of hydrogen-bond donors (Lipinski definition) is 0. The van der Waals surface area contributed by atoms with E-state index in [0.717, 1.165) is 31.2 Å². The van der Waals surface area contributed by atoms with Crippen molar-refractivity contribution in [1.82, 2.24) is 4.90 Å². The van der Waals surface area contributed by atoms with Gasteiger partial charge in [-0.2, -0.15) is 0 Å². The molecule has 0 amide bonds. The van der Waals surface area contributed by atoms with Gasteiger partial charge >= 0.3 is 5.97 Å². The van der Waals surface area contributed by atoms with E-state index in [-0.39, 0.29) is 18.1 Å². The van der Waals surface area contributed by atoms with Crippen molar-refractivity contribution < 1.29 is 19.0 Å². The number of hydrogen-bond acceptors (Lipinski definition) is 5. The standard InChI is InChI=1S/C27H38ClNO4/c1-5-33-27(30)19-24(14-10-7-11-17-28)29(21(2)23-12-8-6-9-13-23)20-22-15-16-25(31-3)26(18-22)32-4/h6,8-9,12-13,15-16,18,21,24H,5,7,10-11,14,17,19-20H2,1-4H3/t21-,24-/m0/s1. The molecule has 182 valence electrons. The van der Waals surface area contributed by atoms with E-state index in [1.807, 2.05) is 25.1 Å². The Morgan fingerprint density at radius 1 is 1.00 bits per heavy atom. The van der Waals surface area contributed by atoms with Gasteiger partial charge in [-0.05, 0) is 49.9 Å². The van der Waals surface area contributed by atoms with Gasteiger partial charge in [0.05, 0.1) is 27.2 Å². The molecule has 0 unspecified atom stereocenters. The Kier molecular flexibility index (Phi) is 12.1. The lowest BCUT2D eigenvalue weighted by Gasteiger charge is -2.37. The third-order valence-corrected chi connectivity index (χ3v) is 6.21. The molecule has 0 aliphatic rings. The van der Waals surface area contributed by atoms with Crippen LogP contribution in [-0.2, 0) is 16.1 Å². The number of halogens is 1. The molecular weight excluding hydrogens is 438 g/mol. The summed E-state index contributed by atoms with van der Waals surface area (Å²) in [4.78, 5) is 14.9. The minimum Gasteiger partial charge on any atom is -0.493 e. The van der Waals surface area contributed by atoms with Crippen LogP contribution < -0.4 is 9.47 Å². The number of carbonyl (C=O) groups is 1. The number of nitrogens with zero attached hydrogens (tertiary/aromatic N) is 1. The first-order valence-corrected chi connectivity index (χ1v) is 12.3. The van der Waals surface area contributed by atoms with Gasteiger partial charge in [0.1, 0.15) is 0 Å². The second kappa shape index (κ2) is 14.8. The minimum absolute atomic E-state index is 0.0441. The minimum atomic E-state index is -0.155. The fourth-order valence-electron chi connectivity index (χ4n) is 4.14. The van der Waals surface area contributed by atoms with Crippen molar-refractivity contribution >= 4 is 17.6 Å². The molecule has 0 radical (unpaired) electrons. The molecule has 0 spiro atoms. The van der Waals surface area contributed by atoms with E-state index in [0.29, 0.717) is 37.0 Å². The number of esters is 1. The lowest BCUT2D eigenvalue weighted by Crippen LogP contribution is -2.39. The Balaban J connectivity index is 2.36. The normalized spacial score (nSPS) is 12.9. The molecule has 2 aromatic rings. The zero-order chi connectivity index (χ0) is 24.1. The number of methoxy groups -OCH3 is 2. The summed E-state index contributed by atoms with van der Waals surface area (Å²) in [7, 11) is 3.28. The molecule has 0 heterocycles. The molecule has 2 rings (SSSR count).